The molecule has 0 saturated heterocycles. The molecule has 0 fully saturated rings. The zero-order valence-corrected chi connectivity index (χ0v) is 12.3. The van der Waals surface area contributed by atoms with E-state index in [9.17, 15) is 4.79 Å². The summed E-state index contributed by atoms with van der Waals surface area (Å²) in [6, 6.07) is 15.5. The molecule has 3 rings (SSSR count). The molecule has 0 aliphatic heterocycles. The number of aryl methyl sites for hydroxylation is 1. The third-order valence-electron chi connectivity index (χ3n) is 3.82. The lowest BCUT2D eigenvalue weighted by Crippen LogP contribution is -2.04. The average molecular weight is 277 g/mol. The summed E-state index contributed by atoms with van der Waals surface area (Å²) >= 11 is 0. The lowest BCUT2D eigenvalue weighted by Gasteiger charge is -2.04. The minimum absolute atomic E-state index is 0.121. The molecule has 0 spiro atoms. The number of benzene rings is 1. The first kappa shape index (κ1) is 13.6. The van der Waals surface area contributed by atoms with Crippen LogP contribution < -0.4 is 0 Å². The van der Waals surface area contributed by atoms with E-state index in [-0.39, 0.29) is 5.78 Å². The number of carbonyl (C=O) groups is 1. The molecular formula is C19H19NO. The summed E-state index contributed by atoms with van der Waals surface area (Å²) in [5, 5.41) is 0. The first-order chi connectivity index (χ1) is 10.3. The van der Waals surface area contributed by atoms with Gasteiger partial charge in [-0.2, -0.15) is 0 Å². The van der Waals surface area contributed by atoms with Crippen molar-refractivity contribution < 1.29 is 4.79 Å². The second kappa shape index (κ2) is 5.96. The van der Waals surface area contributed by atoms with E-state index >= 15 is 0 Å². The fourth-order valence-corrected chi connectivity index (χ4v) is 2.73. The van der Waals surface area contributed by atoms with E-state index in [1.165, 1.54) is 0 Å². The van der Waals surface area contributed by atoms with Gasteiger partial charge in [-0.1, -0.05) is 49.7 Å². The summed E-state index contributed by atoms with van der Waals surface area (Å²) < 4.78 is 2.06. The maximum atomic E-state index is 12.9. The molecule has 2 heteroatoms. The Labute approximate surface area is 125 Å². The van der Waals surface area contributed by atoms with Crippen LogP contribution in [0.1, 0.15) is 41.3 Å². The molecule has 1 aromatic carbocycles. The van der Waals surface area contributed by atoms with Crippen LogP contribution in [0.4, 0.5) is 0 Å². The zero-order valence-electron chi connectivity index (χ0n) is 12.3. The van der Waals surface area contributed by atoms with Gasteiger partial charge in [-0.15, -0.1) is 0 Å². The van der Waals surface area contributed by atoms with Gasteiger partial charge in [0.15, 0.2) is 5.78 Å². The quantitative estimate of drug-likeness (QED) is 0.629. The molecule has 0 N–H and O–H groups in total. The maximum Gasteiger partial charge on any atom is 0.195 e. The highest BCUT2D eigenvalue weighted by Gasteiger charge is 2.18. The van der Waals surface area contributed by atoms with Crippen LogP contribution in [0.3, 0.4) is 0 Å². The number of nitrogens with zero attached hydrogens (tertiary/aromatic N) is 1. The Hall–Kier alpha value is -2.35. The second-order valence-corrected chi connectivity index (χ2v) is 5.32. The van der Waals surface area contributed by atoms with Gasteiger partial charge >= 0.3 is 0 Å². The highest BCUT2D eigenvalue weighted by atomic mass is 16.1. The van der Waals surface area contributed by atoms with Crippen molar-refractivity contribution in [3.8, 4) is 0 Å². The van der Waals surface area contributed by atoms with Crippen LogP contribution in [0, 0.1) is 0 Å². The van der Waals surface area contributed by atoms with Crippen molar-refractivity contribution in [2.75, 3.05) is 0 Å². The number of pyridine rings is 1. The normalized spacial score (nSPS) is 10.9. The van der Waals surface area contributed by atoms with Crippen LogP contribution in [0.15, 0.2) is 60.9 Å². The molecule has 2 aromatic heterocycles. The highest BCUT2D eigenvalue weighted by molar-refractivity contribution is 6.14. The van der Waals surface area contributed by atoms with Gasteiger partial charge in [0.2, 0.25) is 0 Å². The molecular weight excluding hydrogens is 258 g/mol. The van der Waals surface area contributed by atoms with E-state index in [0.717, 1.165) is 41.5 Å². The van der Waals surface area contributed by atoms with Crippen LogP contribution in [-0.2, 0) is 6.42 Å². The summed E-state index contributed by atoms with van der Waals surface area (Å²) in [6.07, 6.45) is 7.29. The third-order valence-corrected chi connectivity index (χ3v) is 3.82. The lowest BCUT2D eigenvalue weighted by atomic mass is 9.98. The number of rotatable bonds is 5. The molecule has 0 bridgehead atoms. The Morgan fingerprint density at radius 3 is 2.57 bits per heavy atom. The smallest absolute Gasteiger partial charge is 0.195 e. The van der Waals surface area contributed by atoms with Crippen molar-refractivity contribution in [1.29, 1.82) is 0 Å². The zero-order chi connectivity index (χ0) is 14.7. The Morgan fingerprint density at radius 2 is 1.81 bits per heavy atom. The Morgan fingerprint density at radius 1 is 1.05 bits per heavy atom. The third kappa shape index (κ3) is 2.62. The molecule has 0 amide bonds. The maximum absolute atomic E-state index is 12.9. The molecule has 0 aliphatic rings. The molecule has 3 aromatic rings. The van der Waals surface area contributed by atoms with Gasteiger partial charge in [-0.3, -0.25) is 4.79 Å². The van der Waals surface area contributed by atoms with Gasteiger partial charge in [0.25, 0.3) is 0 Å². The first-order valence-electron chi connectivity index (χ1n) is 7.49. The number of ketones is 1. The van der Waals surface area contributed by atoms with Gasteiger partial charge in [-0.25, -0.2) is 0 Å². The molecule has 0 atom stereocenters. The largest absolute Gasteiger partial charge is 0.323 e. The fraction of sp³-hybridized carbons (Fsp3) is 0.211. The molecule has 0 radical (unpaired) electrons. The number of carbonyl (C=O) groups excluding carboxylic acids is 1. The summed E-state index contributed by atoms with van der Waals surface area (Å²) in [4.78, 5) is 12.9. The minimum Gasteiger partial charge on any atom is -0.323 e. The van der Waals surface area contributed by atoms with Crippen molar-refractivity contribution in [2.45, 2.75) is 26.2 Å². The molecule has 0 unspecified atom stereocenters. The molecule has 0 saturated carbocycles. The Kier molecular flexibility index (Phi) is 3.87. The molecule has 21 heavy (non-hydrogen) atoms. The summed E-state index contributed by atoms with van der Waals surface area (Å²) in [5.41, 5.74) is 3.76. The van der Waals surface area contributed by atoms with Crippen molar-refractivity contribution in [1.82, 2.24) is 4.40 Å². The molecule has 106 valence electrons. The predicted octanol–water partition coefficient (Wildman–Crippen LogP) is 4.51. The number of fused-ring (bicyclic) bond motifs is 1. The van der Waals surface area contributed by atoms with Crippen LogP contribution in [-0.4, -0.2) is 10.2 Å². The van der Waals surface area contributed by atoms with Gasteiger partial charge in [0, 0.05) is 18.0 Å². The van der Waals surface area contributed by atoms with Gasteiger partial charge in [0.1, 0.15) is 0 Å². The van der Waals surface area contributed by atoms with Crippen molar-refractivity contribution in [3.63, 3.8) is 0 Å². The summed E-state index contributed by atoms with van der Waals surface area (Å²) in [5.74, 6) is 0.121. The van der Waals surface area contributed by atoms with E-state index in [0.29, 0.717) is 0 Å². The van der Waals surface area contributed by atoms with Crippen molar-refractivity contribution in [3.05, 3.63) is 77.6 Å². The fourth-order valence-electron chi connectivity index (χ4n) is 2.73. The number of unbranched alkanes of at least 4 members (excludes halogenated alkanes) is 1. The number of hydrogen-bond acceptors (Lipinski definition) is 1. The van der Waals surface area contributed by atoms with E-state index < -0.39 is 0 Å². The molecule has 2 heterocycles. The molecule has 2 nitrogen and oxygen atoms in total. The average Bonchev–Trinajstić information content (AvgIpc) is 2.91. The topological polar surface area (TPSA) is 21.5 Å². The SMILES string of the molecule is CCCCc1cn2ccccc2c1C(=O)c1ccccc1. The van der Waals surface area contributed by atoms with Crippen LogP contribution >= 0.6 is 0 Å². The minimum atomic E-state index is 0.121. The van der Waals surface area contributed by atoms with Crippen LogP contribution in [0.5, 0.6) is 0 Å². The monoisotopic (exact) mass is 277 g/mol. The van der Waals surface area contributed by atoms with Gasteiger partial charge < -0.3 is 4.40 Å². The van der Waals surface area contributed by atoms with Gasteiger partial charge in [-0.05, 0) is 30.5 Å². The predicted molar refractivity (Wildman–Crippen MR) is 85.9 cm³/mol. The lowest BCUT2D eigenvalue weighted by molar-refractivity contribution is 0.103. The Bertz CT molecular complexity index is 756. The molecule has 0 aliphatic carbocycles. The highest BCUT2D eigenvalue weighted by Crippen LogP contribution is 2.23. The van der Waals surface area contributed by atoms with Crippen molar-refractivity contribution in [2.24, 2.45) is 0 Å². The van der Waals surface area contributed by atoms with Gasteiger partial charge in [0.05, 0.1) is 11.1 Å². The standard InChI is InChI=1S/C19H19NO/c1-2-3-9-16-14-20-13-8-7-12-17(20)18(16)19(21)15-10-5-4-6-11-15/h4-8,10-14H,2-3,9H2,1H3. The number of hydrogen-bond donors (Lipinski definition) is 0. The summed E-state index contributed by atoms with van der Waals surface area (Å²) in [7, 11) is 0. The number of aromatic nitrogens is 1. The summed E-state index contributed by atoms with van der Waals surface area (Å²) in [6.45, 7) is 2.18. The van der Waals surface area contributed by atoms with E-state index in [1.807, 2.05) is 54.7 Å². The first-order valence-corrected chi connectivity index (χ1v) is 7.49. The Balaban J connectivity index is 2.12. The second-order valence-electron chi connectivity index (χ2n) is 5.32. The van der Waals surface area contributed by atoms with E-state index in [1.54, 1.807) is 0 Å². The van der Waals surface area contributed by atoms with Crippen LogP contribution in [0.2, 0.25) is 0 Å². The van der Waals surface area contributed by atoms with E-state index in [2.05, 4.69) is 17.5 Å². The van der Waals surface area contributed by atoms with Crippen molar-refractivity contribution >= 4 is 11.3 Å². The van der Waals surface area contributed by atoms with Crippen LogP contribution in [0.25, 0.3) is 5.52 Å². The van der Waals surface area contributed by atoms with E-state index in [4.69, 9.17) is 0 Å².